The van der Waals surface area contributed by atoms with Gasteiger partial charge in [-0.25, -0.2) is 0 Å². The summed E-state index contributed by atoms with van der Waals surface area (Å²) in [5, 5.41) is 4.33. The molecule has 1 rings (SSSR count). The van der Waals surface area contributed by atoms with Crippen molar-refractivity contribution in [2.24, 2.45) is 10.9 Å². The average Bonchev–Trinajstić information content (AvgIpc) is 2.10. The first-order valence-electron chi connectivity index (χ1n) is 4.08. The molecule has 0 aliphatic rings. The summed E-state index contributed by atoms with van der Waals surface area (Å²) in [4.78, 5) is 0. The maximum absolute atomic E-state index is 6.04. The molecule has 0 fully saturated rings. The first-order chi connectivity index (χ1) is 6.06. The number of hydrogen-bond acceptors (Lipinski definition) is 2. The molecule has 0 aliphatic carbocycles. The molecule has 0 bridgehead atoms. The van der Waals surface area contributed by atoms with Gasteiger partial charge < -0.3 is 5.84 Å². The van der Waals surface area contributed by atoms with E-state index in [0.29, 0.717) is 5.02 Å². The van der Waals surface area contributed by atoms with Gasteiger partial charge in [0.15, 0.2) is 0 Å². The minimum absolute atomic E-state index is 0.704. The molecular formula is C10H13ClN2. The third-order valence-corrected chi connectivity index (χ3v) is 2.48. The largest absolute Gasteiger partial charge is 0.323 e. The fourth-order valence-electron chi connectivity index (χ4n) is 1.13. The zero-order valence-electron chi connectivity index (χ0n) is 8.06. The summed E-state index contributed by atoms with van der Waals surface area (Å²) in [5.41, 5.74) is 4.04. The van der Waals surface area contributed by atoms with Crippen molar-refractivity contribution in [2.75, 3.05) is 0 Å². The highest BCUT2D eigenvalue weighted by atomic mass is 35.5. The minimum atomic E-state index is 0.704. The maximum atomic E-state index is 6.04. The summed E-state index contributed by atoms with van der Waals surface area (Å²) in [6, 6.07) is 3.93. The van der Waals surface area contributed by atoms with Crippen molar-refractivity contribution >= 4 is 17.3 Å². The summed E-state index contributed by atoms with van der Waals surface area (Å²) in [5.74, 6) is 5.19. The van der Waals surface area contributed by atoms with Gasteiger partial charge in [-0.3, -0.25) is 0 Å². The molecule has 0 spiro atoms. The van der Waals surface area contributed by atoms with Gasteiger partial charge in [-0.2, -0.15) is 5.10 Å². The van der Waals surface area contributed by atoms with E-state index < -0.39 is 0 Å². The lowest BCUT2D eigenvalue weighted by molar-refractivity contribution is 1.23. The van der Waals surface area contributed by atoms with Crippen LogP contribution in [0.25, 0.3) is 0 Å². The molecule has 1 aromatic carbocycles. The third kappa shape index (κ3) is 2.01. The number of rotatable bonds is 1. The number of halogens is 1. The van der Waals surface area contributed by atoms with Crippen LogP contribution in [0.2, 0.25) is 5.02 Å². The molecular weight excluding hydrogens is 184 g/mol. The first kappa shape index (κ1) is 10.1. The second-order valence-electron chi connectivity index (χ2n) is 3.13. The van der Waals surface area contributed by atoms with E-state index in [1.165, 1.54) is 11.1 Å². The van der Waals surface area contributed by atoms with Gasteiger partial charge in [-0.05, 0) is 44.0 Å². The fourth-order valence-corrected chi connectivity index (χ4v) is 1.48. The molecule has 0 saturated heterocycles. The Morgan fingerprint density at radius 1 is 1.31 bits per heavy atom. The highest BCUT2D eigenvalue weighted by Gasteiger charge is 2.05. The van der Waals surface area contributed by atoms with E-state index in [1.807, 2.05) is 32.9 Å². The Kier molecular flexibility index (Phi) is 2.94. The summed E-state index contributed by atoms with van der Waals surface area (Å²) in [6.45, 7) is 5.91. The monoisotopic (exact) mass is 196 g/mol. The van der Waals surface area contributed by atoms with Gasteiger partial charge in [-0.15, -0.1) is 0 Å². The Bertz CT molecular complexity index is 356. The number of hydrogen-bond donors (Lipinski definition) is 1. The number of nitrogens with two attached hydrogens (primary N) is 1. The predicted octanol–water partition coefficient (Wildman–Crippen LogP) is 2.64. The molecule has 0 aliphatic heterocycles. The molecule has 1 aromatic rings. The molecule has 0 radical (unpaired) electrons. The Morgan fingerprint density at radius 3 is 2.38 bits per heavy atom. The van der Waals surface area contributed by atoms with Gasteiger partial charge >= 0.3 is 0 Å². The highest BCUT2D eigenvalue weighted by molar-refractivity contribution is 6.34. The molecule has 2 N–H and O–H groups in total. The quantitative estimate of drug-likeness (QED) is 0.419. The van der Waals surface area contributed by atoms with Crippen molar-refractivity contribution in [3.63, 3.8) is 0 Å². The minimum Gasteiger partial charge on any atom is -0.323 e. The van der Waals surface area contributed by atoms with Crippen LogP contribution in [0.15, 0.2) is 17.2 Å². The number of hydrazone groups is 1. The van der Waals surface area contributed by atoms with E-state index in [1.54, 1.807) is 0 Å². The lowest BCUT2D eigenvalue weighted by atomic mass is 10.0. The van der Waals surface area contributed by atoms with Crippen LogP contribution >= 0.6 is 11.6 Å². The Hall–Kier alpha value is -1.02. The van der Waals surface area contributed by atoms with Crippen LogP contribution in [0, 0.1) is 13.8 Å². The highest BCUT2D eigenvalue weighted by Crippen LogP contribution is 2.21. The van der Waals surface area contributed by atoms with Crippen molar-refractivity contribution in [3.05, 3.63) is 33.8 Å². The van der Waals surface area contributed by atoms with Crippen LogP contribution in [-0.4, -0.2) is 5.71 Å². The van der Waals surface area contributed by atoms with E-state index in [2.05, 4.69) is 5.10 Å². The van der Waals surface area contributed by atoms with Gasteiger partial charge in [0.1, 0.15) is 0 Å². The van der Waals surface area contributed by atoms with Crippen molar-refractivity contribution in [2.45, 2.75) is 20.8 Å². The van der Waals surface area contributed by atoms with Crippen LogP contribution in [0.3, 0.4) is 0 Å². The summed E-state index contributed by atoms with van der Waals surface area (Å²) >= 11 is 6.04. The van der Waals surface area contributed by atoms with Crippen molar-refractivity contribution in [1.29, 1.82) is 0 Å². The van der Waals surface area contributed by atoms with Gasteiger partial charge in [0.25, 0.3) is 0 Å². The zero-order chi connectivity index (χ0) is 10.0. The lowest BCUT2D eigenvalue weighted by Gasteiger charge is -2.06. The Labute approximate surface area is 83.4 Å². The summed E-state index contributed by atoms with van der Waals surface area (Å²) in [6.07, 6.45) is 0. The van der Waals surface area contributed by atoms with Gasteiger partial charge in [-0.1, -0.05) is 11.6 Å². The van der Waals surface area contributed by atoms with E-state index in [-0.39, 0.29) is 0 Å². The molecule has 0 aromatic heterocycles. The van der Waals surface area contributed by atoms with E-state index in [4.69, 9.17) is 17.4 Å². The average molecular weight is 197 g/mol. The summed E-state index contributed by atoms with van der Waals surface area (Å²) in [7, 11) is 0. The van der Waals surface area contributed by atoms with Crippen LogP contribution in [0.4, 0.5) is 0 Å². The summed E-state index contributed by atoms with van der Waals surface area (Å²) < 4.78 is 0. The third-order valence-electron chi connectivity index (χ3n) is 2.17. The molecule has 0 saturated carbocycles. The zero-order valence-corrected chi connectivity index (χ0v) is 8.81. The van der Waals surface area contributed by atoms with Gasteiger partial charge in [0, 0.05) is 10.6 Å². The van der Waals surface area contributed by atoms with Crippen LogP contribution in [0.1, 0.15) is 23.6 Å². The molecule has 2 nitrogen and oxygen atoms in total. The lowest BCUT2D eigenvalue weighted by Crippen LogP contribution is -2.01. The van der Waals surface area contributed by atoms with E-state index >= 15 is 0 Å². The number of aryl methyl sites for hydroxylation is 2. The van der Waals surface area contributed by atoms with Crippen molar-refractivity contribution in [1.82, 2.24) is 0 Å². The molecule has 70 valence electrons. The van der Waals surface area contributed by atoms with Gasteiger partial charge in [0.05, 0.1) is 5.71 Å². The van der Waals surface area contributed by atoms with Crippen LogP contribution in [-0.2, 0) is 0 Å². The molecule has 3 heteroatoms. The maximum Gasteiger partial charge on any atom is 0.0656 e. The number of benzene rings is 1. The van der Waals surface area contributed by atoms with Crippen LogP contribution in [0.5, 0.6) is 0 Å². The van der Waals surface area contributed by atoms with Gasteiger partial charge in [0.2, 0.25) is 0 Å². The molecule has 0 atom stereocenters. The predicted molar refractivity (Wildman–Crippen MR) is 57.3 cm³/mol. The standard InChI is InChI=1S/C10H13ClN2/c1-6-4-9(8(3)13-12)10(11)5-7(6)2/h4-5H,12H2,1-3H3/b13-8-. The van der Waals surface area contributed by atoms with Crippen molar-refractivity contribution < 1.29 is 0 Å². The normalized spacial score (nSPS) is 11.8. The second kappa shape index (κ2) is 3.79. The SMILES string of the molecule is C/C(=N/N)c1cc(C)c(C)cc1Cl. The second-order valence-corrected chi connectivity index (χ2v) is 3.54. The Morgan fingerprint density at radius 2 is 1.85 bits per heavy atom. The molecule has 0 amide bonds. The molecule has 0 unspecified atom stereocenters. The first-order valence-corrected chi connectivity index (χ1v) is 4.45. The molecule has 13 heavy (non-hydrogen) atoms. The fraction of sp³-hybridized carbons (Fsp3) is 0.300. The van der Waals surface area contributed by atoms with Crippen molar-refractivity contribution in [3.8, 4) is 0 Å². The topological polar surface area (TPSA) is 38.4 Å². The smallest absolute Gasteiger partial charge is 0.0656 e. The molecule has 0 heterocycles. The number of nitrogens with zero attached hydrogens (tertiary/aromatic N) is 1. The Balaban J connectivity index is 3.32. The van der Waals surface area contributed by atoms with Crippen LogP contribution < -0.4 is 5.84 Å². The van der Waals surface area contributed by atoms with E-state index in [9.17, 15) is 0 Å². The van der Waals surface area contributed by atoms with E-state index in [0.717, 1.165) is 11.3 Å².